The van der Waals surface area contributed by atoms with Gasteiger partial charge in [0.15, 0.2) is 0 Å². The van der Waals surface area contributed by atoms with Crippen LogP contribution in [0.3, 0.4) is 0 Å². The van der Waals surface area contributed by atoms with Crippen LogP contribution in [0.25, 0.3) is 0 Å². The van der Waals surface area contributed by atoms with Crippen molar-refractivity contribution in [3.8, 4) is 0 Å². The van der Waals surface area contributed by atoms with Gasteiger partial charge in [0.1, 0.15) is 5.82 Å². The molecule has 0 aromatic carbocycles. The van der Waals surface area contributed by atoms with Gasteiger partial charge in [-0.3, -0.25) is 0 Å². The molecule has 2 fully saturated rings. The summed E-state index contributed by atoms with van der Waals surface area (Å²) in [6.45, 7) is 5.59. The van der Waals surface area contributed by atoms with E-state index in [1.807, 2.05) is 11.6 Å². The third-order valence-corrected chi connectivity index (χ3v) is 3.79. The smallest absolute Gasteiger partial charge is 0.414 e. The summed E-state index contributed by atoms with van der Waals surface area (Å²) in [5.74, 6) is -2.70. The van der Waals surface area contributed by atoms with E-state index in [2.05, 4.69) is 20.4 Å². The van der Waals surface area contributed by atoms with Gasteiger partial charge < -0.3 is 15.1 Å². The van der Waals surface area contributed by atoms with Gasteiger partial charge in [-0.15, -0.1) is 5.10 Å². The van der Waals surface area contributed by atoms with Crippen LogP contribution in [-0.2, 0) is 15.1 Å². The predicted molar refractivity (Wildman–Crippen MR) is 66.1 cm³/mol. The van der Waals surface area contributed by atoms with Gasteiger partial charge in [-0.25, -0.2) is 14.3 Å². The van der Waals surface area contributed by atoms with Gasteiger partial charge in [-0.05, 0) is 43.2 Å². The van der Waals surface area contributed by atoms with Crippen molar-refractivity contribution in [1.29, 1.82) is 0 Å². The number of hydrogen-bond donors (Lipinski definition) is 2. The first-order chi connectivity index (χ1) is 9.44. The minimum absolute atomic E-state index is 0.214. The van der Waals surface area contributed by atoms with Crippen LogP contribution in [0.2, 0.25) is 0 Å². The number of carbonyl (C=O) groups is 2. The van der Waals surface area contributed by atoms with E-state index in [9.17, 15) is 0 Å². The van der Waals surface area contributed by atoms with Gasteiger partial charge in [0.25, 0.3) is 0 Å². The SMILES string of the molecule is Cc1nnnn1C12CCCN(CC1)C2.O=C(O)C(=O)O. The number of aliphatic carboxylic acids is 2. The van der Waals surface area contributed by atoms with Gasteiger partial charge in [0.05, 0.1) is 5.54 Å². The molecule has 2 aliphatic heterocycles. The summed E-state index contributed by atoms with van der Waals surface area (Å²) in [6, 6.07) is 0. The number of tetrazole rings is 1. The number of carboxylic acid groups (broad SMARTS) is 2. The molecule has 1 aromatic rings. The molecule has 2 N–H and O–H groups in total. The lowest BCUT2D eigenvalue weighted by Gasteiger charge is -2.33. The molecule has 9 heteroatoms. The minimum Gasteiger partial charge on any atom is -0.473 e. The maximum atomic E-state index is 9.10. The number of aromatic nitrogens is 4. The van der Waals surface area contributed by atoms with Crippen LogP contribution < -0.4 is 0 Å². The van der Waals surface area contributed by atoms with Gasteiger partial charge in [-0.1, -0.05) is 0 Å². The van der Waals surface area contributed by atoms with E-state index in [0.29, 0.717) is 0 Å². The molecule has 3 rings (SSSR count). The van der Waals surface area contributed by atoms with Gasteiger partial charge in [0, 0.05) is 13.1 Å². The summed E-state index contributed by atoms with van der Waals surface area (Å²) in [4.78, 5) is 20.7. The second kappa shape index (κ2) is 5.53. The van der Waals surface area contributed by atoms with E-state index in [-0.39, 0.29) is 5.54 Å². The number of rotatable bonds is 1. The van der Waals surface area contributed by atoms with E-state index in [0.717, 1.165) is 12.4 Å². The Bertz CT molecular complexity index is 501. The lowest BCUT2D eigenvalue weighted by atomic mass is 9.91. The Morgan fingerprint density at radius 3 is 2.45 bits per heavy atom. The highest BCUT2D eigenvalue weighted by Crippen LogP contribution is 2.37. The largest absolute Gasteiger partial charge is 0.473 e. The number of hydrogen-bond acceptors (Lipinski definition) is 6. The number of fused-ring (bicyclic) bond motifs is 2. The summed E-state index contributed by atoms with van der Waals surface area (Å²) < 4.78 is 2.05. The number of nitrogens with zero attached hydrogens (tertiary/aromatic N) is 5. The molecule has 2 atom stereocenters. The van der Waals surface area contributed by atoms with Crippen LogP contribution in [-0.4, -0.2) is 66.9 Å². The zero-order valence-electron chi connectivity index (χ0n) is 11.2. The molecule has 0 spiro atoms. The van der Waals surface area contributed by atoms with Crippen LogP contribution in [0.15, 0.2) is 0 Å². The average molecular weight is 283 g/mol. The van der Waals surface area contributed by atoms with Gasteiger partial charge in [-0.2, -0.15) is 0 Å². The number of aryl methyl sites for hydroxylation is 1. The van der Waals surface area contributed by atoms with Crippen LogP contribution in [0, 0.1) is 6.92 Å². The summed E-state index contributed by atoms with van der Waals surface area (Å²) >= 11 is 0. The molecule has 2 aliphatic rings. The Balaban J connectivity index is 0.000000212. The normalized spacial score (nSPS) is 27.6. The highest BCUT2D eigenvalue weighted by atomic mass is 16.4. The van der Waals surface area contributed by atoms with Crippen molar-refractivity contribution in [2.45, 2.75) is 31.7 Å². The molecule has 1 aromatic heterocycles. The molecule has 0 aliphatic carbocycles. The molecule has 2 bridgehead atoms. The lowest BCUT2D eigenvalue weighted by Crippen LogP contribution is -2.42. The second-order valence-corrected chi connectivity index (χ2v) is 5.10. The van der Waals surface area contributed by atoms with Crippen LogP contribution in [0.1, 0.15) is 25.1 Å². The molecule has 20 heavy (non-hydrogen) atoms. The Kier molecular flexibility index (Phi) is 3.98. The standard InChI is InChI=1S/C9H15N5.C2H2O4/c1-8-10-11-12-14(8)9-3-2-5-13(7-9)6-4-9;3-1(4)2(5)6/h2-7H2,1H3;(H,3,4)(H,5,6). The van der Waals surface area contributed by atoms with Crippen molar-refractivity contribution in [2.75, 3.05) is 19.6 Å². The van der Waals surface area contributed by atoms with E-state index < -0.39 is 11.9 Å². The quantitative estimate of drug-likeness (QED) is 0.651. The summed E-state index contributed by atoms with van der Waals surface area (Å²) in [6.07, 6.45) is 3.72. The molecule has 0 amide bonds. The Hall–Kier alpha value is -2.03. The summed E-state index contributed by atoms with van der Waals surface area (Å²) in [7, 11) is 0. The van der Waals surface area contributed by atoms with Gasteiger partial charge >= 0.3 is 11.9 Å². The molecule has 2 unspecified atom stereocenters. The lowest BCUT2D eigenvalue weighted by molar-refractivity contribution is -0.159. The van der Waals surface area contributed by atoms with Crippen LogP contribution in [0.5, 0.6) is 0 Å². The first kappa shape index (κ1) is 14.4. The third kappa shape index (κ3) is 2.77. The zero-order chi connectivity index (χ0) is 14.8. The molecule has 2 saturated heterocycles. The van der Waals surface area contributed by atoms with Crippen molar-refractivity contribution in [1.82, 2.24) is 25.1 Å². The molecule has 110 valence electrons. The Labute approximate surface area is 115 Å². The fourth-order valence-electron chi connectivity index (χ4n) is 2.92. The van der Waals surface area contributed by atoms with E-state index in [1.54, 1.807) is 0 Å². The molecular formula is C11H17N5O4. The predicted octanol–water partition coefficient (Wildman–Crippen LogP) is -0.668. The fourth-order valence-corrected chi connectivity index (χ4v) is 2.92. The van der Waals surface area contributed by atoms with Crippen molar-refractivity contribution in [3.05, 3.63) is 5.82 Å². The number of piperidine rings is 1. The van der Waals surface area contributed by atoms with Crippen molar-refractivity contribution >= 4 is 11.9 Å². The topological polar surface area (TPSA) is 121 Å². The second-order valence-electron chi connectivity index (χ2n) is 5.10. The van der Waals surface area contributed by atoms with Crippen LogP contribution >= 0.6 is 0 Å². The van der Waals surface area contributed by atoms with Crippen molar-refractivity contribution in [2.24, 2.45) is 0 Å². The highest BCUT2D eigenvalue weighted by Gasteiger charge is 2.44. The zero-order valence-corrected chi connectivity index (χ0v) is 11.2. The molecule has 0 saturated carbocycles. The highest BCUT2D eigenvalue weighted by molar-refractivity contribution is 6.27. The van der Waals surface area contributed by atoms with Crippen LogP contribution in [0.4, 0.5) is 0 Å². The first-order valence-electron chi connectivity index (χ1n) is 6.39. The van der Waals surface area contributed by atoms with Crippen molar-refractivity contribution < 1.29 is 19.8 Å². The van der Waals surface area contributed by atoms with E-state index in [4.69, 9.17) is 19.8 Å². The molecule has 0 radical (unpaired) electrons. The minimum atomic E-state index is -1.82. The van der Waals surface area contributed by atoms with E-state index >= 15 is 0 Å². The van der Waals surface area contributed by atoms with Gasteiger partial charge in [0.2, 0.25) is 0 Å². The fraction of sp³-hybridized carbons (Fsp3) is 0.727. The summed E-state index contributed by atoms with van der Waals surface area (Å²) in [5, 5.41) is 26.7. The summed E-state index contributed by atoms with van der Waals surface area (Å²) in [5.41, 5.74) is 0.214. The van der Waals surface area contributed by atoms with Crippen molar-refractivity contribution in [3.63, 3.8) is 0 Å². The maximum absolute atomic E-state index is 9.10. The molecule has 9 nitrogen and oxygen atoms in total. The molecule has 3 heterocycles. The number of carboxylic acids is 2. The third-order valence-electron chi connectivity index (χ3n) is 3.79. The Morgan fingerprint density at radius 1 is 1.20 bits per heavy atom. The monoisotopic (exact) mass is 283 g/mol. The van der Waals surface area contributed by atoms with E-state index in [1.165, 1.54) is 32.4 Å². The average Bonchev–Trinajstić information content (AvgIpc) is 2.95. The maximum Gasteiger partial charge on any atom is 0.414 e. The Morgan fingerprint density at radius 2 is 1.90 bits per heavy atom. The first-order valence-corrected chi connectivity index (χ1v) is 6.39. The molecular weight excluding hydrogens is 266 g/mol.